The van der Waals surface area contributed by atoms with Crippen LogP contribution in [0, 0.1) is 46.3 Å². The van der Waals surface area contributed by atoms with E-state index in [0.717, 1.165) is 61.4 Å². The van der Waals surface area contributed by atoms with E-state index in [0.29, 0.717) is 17.4 Å². The number of carbonyl (C=O) groups is 1. The minimum absolute atomic E-state index is 0.00617. The summed E-state index contributed by atoms with van der Waals surface area (Å²) in [5.41, 5.74) is 2.53. The highest BCUT2D eigenvalue weighted by Gasteiger charge is 2.59. The van der Waals surface area contributed by atoms with Crippen LogP contribution in [-0.2, 0) is 9.53 Å². The molecule has 4 aliphatic carbocycles. The zero-order chi connectivity index (χ0) is 24.1. The lowest BCUT2D eigenvalue weighted by Gasteiger charge is -2.58. The second-order valence-electron chi connectivity index (χ2n) is 13.9. The lowest BCUT2D eigenvalue weighted by molar-refractivity contribution is -0.151. The second-order valence-corrected chi connectivity index (χ2v) is 13.9. The molecular weight excluding hydrogens is 418 g/mol. The van der Waals surface area contributed by atoms with Gasteiger partial charge in [0.05, 0.1) is 6.54 Å². The maximum atomic E-state index is 12.3. The lowest BCUT2D eigenvalue weighted by Crippen LogP contribution is -2.51. The molecule has 3 nitrogen and oxygen atoms in total. The summed E-state index contributed by atoms with van der Waals surface area (Å²) in [6.45, 7) is 15.2. The van der Waals surface area contributed by atoms with Gasteiger partial charge in [-0.3, -0.25) is 9.69 Å². The van der Waals surface area contributed by atoms with Gasteiger partial charge in [0.25, 0.3) is 0 Å². The van der Waals surface area contributed by atoms with Crippen LogP contribution in [-0.4, -0.2) is 36.6 Å². The van der Waals surface area contributed by atoms with Crippen molar-refractivity contribution in [3.63, 3.8) is 0 Å². The van der Waals surface area contributed by atoms with Gasteiger partial charge in [0.15, 0.2) is 0 Å². The highest BCUT2D eigenvalue weighted by atomic mass is 16.5. The third-order valence-electron chi connectivity index (χ3n) is 11.5. The van der Waals surface area contributed by atoms with Gasteiger partial charge in [0.2, 0.25) is 0 Å². The monoisotopic (exact) mass is 469 g/mol. The van der Waals surface area contributed by atoms with Gasteiger partial charge < -0.3 is 4.74 Å². The number of carbonyl (C=O) groups excluding carboxylic acids is 1. The molecule has 5 aliphatic rings. The molecule has 1 aliphatic heterocycles. The predicted molar refractivity (Wildman–Crippen MR) is 139 cm³/mol. The Bertz CT molecular complexity index is 784. The molecule has 0 N–H and O–H groups in total. The minimum Gasteiger partial charge on any atom is -0.461 e. The first kappa shape index (κ1) is 24.8. The van der Waals surface area contributed by atoms with E-state index in [1.165, 1.54) is 57.8 Å². The number of esters is 1. The maximum Gasteiger partial charge on any atom is 0.320 e. The van der Waals surface area contributed by atoms with Crippen LogP contribution in [0.4, 0.5) is 0 Å². The quantitative estimate of drug-likeness (QED) is 0.213. The Labute approximate surface area is 209 Å². The van der Waals surface area contributed by atoms with Crippen LogP contribution in [0.5, 0.6) is 0 Å². The van der Waals surface area contributed by atoms with Gasteiger partial charge >= 0.3 is 5.97 Å². The van der Waals surface area contributed by atoms with E-state index in [-0.39, 0.29) is 12.1 Å². The Balaban J connectivity index is 1.24. The molecule has 0 aromatic carbocycles. The van der Waals surface area contributed by atoms with E-state index in [1.54, 1.807) is 5.57 Å². The maximum absolute atomic E-state index is 12.3. The van der Waals surface area contributed by atoms with E-state index in [4.69, 9.17) is 4.74 Å². The third kappa shape index (κ3) is 4.64. The molecule has 4 fully saturated rings. The van der Waals surface area contributed by atoms with Crippen LogP contribution < -0.4 is 0 Å². The summed E-state index contributed by atoms with van der Waals surface area (Å²) < 4.78 is 5.92. The van der Waals surface area contributed by atoms with Gasteiger partial charge in [-0.05, 0) is 91.3 Å². The van der Waals surface area contributed by atoms with E-state index in [9.17, 15) is 4.79 Å². The van der Waals surface area contributed by atoms with E-state index in [2.05, 4.69) is 45.6 Å². The van der Waals surface area contributed by atoms with Gasteiger partial charge in [-0.25, -0.2) is 0 Å². The molecule has 34 heavy (non-hydrogen) atoms. The van der Waals surface area contributed by atoms with Crippen molar-refractivity contribution in [2.45, 2.75) is 111 Å². The van der Waals surface area contributed by atoms with E-state index >= 15 is 0 Å². The minimum atomic E-state index is -0.00617. The average molecular weight is 470 g/mol. The molecule has 5 rings (SSSR count). The molecule has 1 heterocycles. The van der Waals surface area contributed by atoms with Crippen molar-refractivity contribution in [1.82, 2.24) is 4.90 Å². The summed E-state index contributed by atoms with van der Waals surface area (Å²) in [7, 11) is 0. The van der Waals surface area contributed by atoms with Crippen LogP contribution in [0.15, 0.2) is 11.6 Å². The predicted octanol–water partition coefficient (Wildman–Crippen LogP) is 7.26. The Morgan fingerprint density at radius 1 is 1.06 bits per heavy atom. The summed E-state index contributed by atoms with van der Waals surface area (Å²) in [5.74, 6) is 5.29. The summed E-state index contributed by atoms with van der Waals surface area (Å²) in [6.07, 6.45) is 17.3. The first-order valence-corrected chi connectivity index (χ1v) is 14.8. The van der Waals surface area contributed by atoms with E-state index in [1.807, 2.05) is 0 Å². The molecule has 1 saturated heterocycles. The molecule has 0 amide bonds. The summed E-state index contributed by atoms with van der Waals surface area (Å²) in [6, 6.07) is 0. The number of allylic oxidation sites excluding steroid dienone is 1. The number of ether oxygens (including phenoxy) is 1. The highest BCUT2D eigenvalue weighted by molar-refractivity contribution is 5.72. The molecule has 8 atom stereocenters. The van der Waals surface area contributed by atoms with Gasteiger partial charge in [0.1, 0.15) is 6.10 Å². The number of hydrogen-bond donors (Lipinski definition) is 0. The number of nitrogens with zero attached hydrogens (tertiary/aromatic N) is 1. The molecule has 0 bridgehead atoms. The Kier molecular flexibility index (Phi) is 6.99. The van der Waals surface area contributed by atoms with Gasteiger partial charge in [-0.2, -0.15) is 0 Å². The van der Waals surface area contributed by atoms with Crippen molar-refractivity contribution in [3.8, 4) is 0 Å². The molecule has 0 aromatic rings. The van der Waals surface area contributed by atoms with Crippen LogP contribution in [0.25, 0.3) is 0 Å². The molecule has 192 valence electrons. The van der Waals surface area contributed by atoms with Crippen LogP contribution in [0.2, 0.25) is 0 Å². The Hall–Kier alpha value is -0.830. The molecule has 0 spiro atoms. The van der Waals surface area contributed by atoms with Crippen LogP contribution in [0.1, 0.15) is 105 Å². The van der Waals surface area contributed by atoms with Crippen molar-refractivity contribution >= 4 is 5.97 Å². The average Bonchev–Trinajstić information content (AvgIpc) is 3.51. The molecule has 3 saturated carbocycles. The highest BCUT2D eigenvalue weighted by Crippen LogP contribution is 2.67. The first-order chi connectivity index (χ1) is 16.2. The van der Waals surface area contributed by atoms with Crippen molar-refractivity contribution in [1.29, 1.82) is 0 Å². The summed E-state index contributed by atoms with van der Waals surface area (Å²) in [4.78, 5) is 14.4. The van der Waals surface area contributed by atoms with Crippen molar-refractivity contribution in [3.05, 3.63) is 11.6 Å². The fourth-order valence-electron chi connectivity index (χ4n) is 9.39. The molecule has 0 radical (unpaired) electrons. The van der Waals surface area contributed by atoms with Crippen LogP contribution in [0.3, 0.4) is 0 Å². The number of fused-ring (bicyclic) bond motifs is 5. The topological polar surface area (TPSA) is 29.3 Å². The molecule has 0 aromatic heterocycles. The van der Waals surface area contributed by atoms with E-state index < -0.39 is 0 Å². The van der Waals surface area contributed by atoms with Gasteiger partial charge in [0, 0.05) is 19.5 Å². The van der Waals surface area contributed by atoms with Crippen molar-refractivity contribution < 1.29 is 9.53 Å². The zero-order valence-electron chi connectivity index (χ0n) is 22.8. The third-order valence-corrected chi connectivity index (χ3v) is 11.5. The smallest absolute Gasteiger partial charge is 0.320 e. The SMILES string of the molecule is CC(C)CCCC(C)C1CCC2C3CC=C4CC(OC(=O)CN5CC5)CCC4(C)C3CCC12C. The van der Waals surface area contributed by atoms with Crippen LogP contribution >= 0.6 is 0 Å². The lowest BCUT2D eigenvalue weighted by atomic mass is 9.47. The molecule has 8 unspecified atom stereocenters. The molecule has 3 heteroatoms. The molecular formula is C31H51NO2. The van der Waals surface area contributed by atoms with Crippen molar-refractivity contribution in [2.75, 3.05) is 19.6 Å². The Morgan fingerprint density at radius 3 is 2.59 bits per heavy atom. The normalized spacial score (nSPS) is 42.4. The second kappa shape index (κ2) is 9.56. The van der Waals surface area contributed by atoms with Gasteiger partial charge in [-0.15, -0.1) is 0 Å². The summed E-state index contributed by atoms with van der Waals surface area (Å²) in [5, 5.41) is 0. The zero-order valence-corrected chi connectivity index (χ0v) is 22.8. The standard InChI is InChI=1S/C31H51NO2/c1-21(2)7-6-8-22(3)26-11-12-27-25-10-9-23-19-24(34-29(33)20-32-17-18-32)13-15-30(23,4)28(25)14-16-31(26,27)5/h9,21-22,24-28H,6-8,10-20H2,1-5H3. The summed E-state index contributed by atoms with van der Waals surface area (Å²) >= 11 is 0. The largest absolute Gasteiger partial charge is 0.461 e. The van der Waals surface area contributed by atoms with Gasteiger partial charge in [-0.1, -0.05) is 65.5 Å². The number of hydrogen-bond acceptors (Lipinski definition) is 3. The fraction of sp³-hybridized carbons (Fsp3) is 0.903. The number of rotatable bonds is 8. The first-order valence-electron chi connectivity index (χ1n) is 14.8. The van der Waals surface area contributed by atoms with Crippen molar-refractivity contribution in [2.24, 2.45) is 46.3 Å². The Morgan fingerprint density at radius 2 is 1.85 bits per heavy atom. The fourth-order valence-corrected chi connectivity index (χ4v) is 9.39.